The van der Waals surface area contributed by atoms with Gasteiger partial charge in [-0.1, -0.05) is 53.6 Å². The van der Waals surface area contributed by atoms with Gasteiger partial charge in [0.1, 0.15) is 18.2 Å². The van der Waals surface area contributed by atoms with Crippen LogP contribution in [0.4, 0.5) is 10.5 Å². The highest BCUT2D eigenvalue weighted by Crippen LogP contribution is 2.29. The van der Waals surface area contributed by atoms with E-state index < -0.39 is 36.1 Å². The maximum Gasteiger partial charge on any atom is 0.408 e. The van der Waals surface area contributed by atoms with E-state index in [0.29, 0.717) is 16.3 Å². The predicted molar refractivity (Wildman–Crippen MR) is 132 cm³/mol. The third kappa shape index (κ3) is 7.74. The summed E-state index contributed by atoms with van der Waals surface area (Å²) in [4.78, 5) is 39.9. The summed E-state index contributed by atoms with van der Waals surface area (Å²) in [7, 11) is 0. The number of anilines is 1. The highest BCUT2D eigenvalue weighted by Gasteiger charge is 2.32. The van der Waals surface area contributed by atoms with Gasteiger partial charge in [-0.05, 0) is 51.8 Å². The zero-order valence-electron chi connectivity index (χ0n) is 20.1. The van der Waals surface area contributed by atoms with Crippen molar-refractivity contribution in [1.82, 2.24) is 10.2 Å². The Balaban J connectivity index is 2.35. The highest BCUT2D eigenvalue weighted by atomic mass is 35.5. The second kappa shape index (κ2) is 11.9. The molecule has 0 spiro atoms. The van der Waals surface area contributed by atoms with E-state index >= 15 is 0 Å². The first kappa shape index (κ1) is 27.1. The molecule has 1 unspecified atom stereocenters. The molecule has 0 aliphatic rings. The Hall–Kier alpha value is -3.10. The van der Waals surface area contributed by atoms with Gasteiger partial charge >= 0.3 is 6.09 Å². The number of benzene rings is 2. The lowest BCUT2D eigenvalue weighted by atomic mass is 10.0. The van der Waals surface area contributed by atoms with Crippen molar-refractivity contribution in [1.29, 1.82) is 0 Å². The number of hydrogen-bond donors (Lipinski definition) is 3. The summed E-state index contributed by atoms with van der Waals surface area (Å²) in [6, 6.07) is 11.3. The van der Waals surface area contributed by atoms with Crippen LogP contribution in [-0.4, -0.2) is 53.2 Å². The van der Waals surface area contributed by atoms with E-state index in [1.807, 2.05) is 32.0 Å². The molecule has 0 radical (unpaired) electrons. The van der Waals surface area contributed by atoms with Crippen LogP contribution in [0, 0.1) is 13.8 Å². The molecule has 0 saturated carbocycles. The molecule has 0 saturated heterocycles. The van der Waals surface area contributed by atoms with Gasteiger partial charge in [0, 0.05) is 6.54 Å². The van der Waals surface area contributed by atoms with Gasteiger partial charge in [-0.2, -0.15) is 0 Å². The van der Waals surface area contributed by atoms with Crippen molar-refractivity contribution in [3.63, 3.8) is 0 Å². The van der Waals surface area contributed by atoms with Crippen molar-refractivity contribution in [2.45, 2.75) is 46.3 Å². The van der Waals surface area contributed by atoms with Crippen LogP contribution < -0.4 is 10.6 Å². The van der Waals surface area contributed by atoms with Crippen molar-refractivity contribution >= 4 is 35.2 Å². The minimum Gasteiger partial charge on any atom is -0.444 e. The van der Waals surface area contributed by atoms with Gasteiger partial charge in [0.25, 0.3) is 5.91 Å². The Morgan fingerprint density at radius 2 is 1.74 bits per heavy atom. The molecule has 3 amide bonds. The van der Waals surface area contributed by atoms with Crippen molar-refractivity contribution in [3.05, 3.63) is 64.2 Å². The van der Waals surface area contributed by atoms with Crippen LogP contribution >= 0.6 is 11.6 Å². The van der Waals surface area contributed by atoms with Crippen LogP contribution in [0.5, 0.6) is 0 Å². The zero-order valence-corrected chi connectivity index (χ0v) is 20.9. The minimum absolute atomic E-state index is 0.123. The average molecular weight is 490 g/mol. The molecule has 8 nitrogen and oxygen atoms in total. The Labute approximate surface area is 205 Å². The number of aliphatic hydroxyl groups is 1. The summed E-state index contributed by atoms with van der Waals surface area (Å²) in [6.45, 7) is 7.94. The lowest BCUT2D eigenvalue weighted by Crippen LogP contribution is -2.47. The van der Waals surface area contributed by atoms with E-state index in [1.54, 1.807) is 45.0 Å². The monoisotopic (exact) mass is 489 g/mol. The lowest BCUT2D eigenvalue weighted by molar-refractivity contribution is -0.138. The number of ether oxygens (including phenoxy) is 1. The van der Waals surface area contributed by atoms with E-state index in [2.05, 4.69) is 10.6 Å². The number of hydrogen-bond acceptors (Lipinski definition) is 5. The maximum atomic E-state index is 13.5. The number of amides is 3. The molecule has 0 fully saturated rings. The van der Waals surface area contributed by atoms with Crippen LogP contribution in [0.2, 0.25) is 5.02 Å². The molecule has 0 bridgehead atoms. The highest BCUT2D eigenvalue weighted by molar-refractivity contribution is 6.34. The number of alkyl carbamates (subject to hydrolysis) is 1. The molecule has 34 heavy (non-hydrogen) atoms. The number of halogens is 1. The van der Waals surface area contributed by atoms with Crippen LogP contribution in [0.3, 0.4) is 0 Å². The first-order valence-electron chi connectivity index (χ1n) is 10.9. The Kier molecular flexibility index (Phi) is 9.46. The quantitative estimate of drug-likeness (QED) is 0.519. The molecule has 2 aromatic carbocycles. The number of aliphatic hydroxyl groups excluding tert-OH is 1. The van der Waals surface area contributed by atoms with Gasteiger partial charge in [-0.25, -0.2) is 4.79 Å². The third-order valence-corrected chi connectivity index (χ3v) is 5.18. The molecule has 2 rings (SSSR count). The second-order valence-electron chi connectivity index (χ2n) is 8.90. The normalized spacial score (nSPS) is 12.0. The van der Waals surface area contributed by atoms with E-state index in [4.69, 9.17) is 16.3 Å². The van der Waals surface area contributed by atoms with E-state index in [9.17, 15) is 19.5 Å². The molecule has 2 aromatic rings. The molecule has 9 heteroatoms. The molecular formula is C25H32ClN3O5. The molecule has 0 heterocycles. The summed E-state index contributed by atoms with van der Waals surface area (Å²) < 4.78 is 5.17. The minimum atomic E-state index is -1.07. The van der Waals surface area contributed by atoms with Crippen LogP contribution in [0.15, 0.2) is 42.5 Å². The SMILES string of the molecule is Cc1ccc(C(C(=O)Nc2c(C)cccc2Cl)N(CCO)C(=O)CNC(=O)OC(C)(C)C)cc1. The molecule has 184 valence electrons. The van der Waals surface area contributed by atoms with Gasteiger partial charge in [0.15, 0.2) is 0 Å². The van der Waals surface area contributed by atoms with Crippen molar-refractivity contribution in [3.8, 4) is 0 Å². The summed E-state index contributed by atoms with van der Waals surface area (Å²) in [5.41, 5.74) is 2.00. The van der Waals surface area contributed by atoms with Crippen molar-refractivity contribution in [2.24, 2.45) is 0 Å². The van der Waals surface area contributed by atoms with Crippen molar-refractivity contribution in [2.75, 3.05) is 25.0 Å². The fourth-order valence-electron chi connectivity index (χ4n) is 3.27. The van der Waals surface area contributed by atoms with Gasteiger partial charge in [-0.15, -0.1) is 0 Å². The molecular weight excluding hydrogens is 458 g/mol. The number of aryl methyl sites for hydroxylation is 2. The number of nitrogens with zero attached hydrogens (tertiary/aromatic N) is 1. The van der Waals surface area contributed by atoms with Gasteiger partial charge < -0.3 is 25.4 Å². The number of carbonyl (C=O) groups is 3. The maximum absolute atomic E-state index is 13.5. The van der Waals surface area contributed by atoms with E-state index in [1.165, 1.54) is 4.90 Å². The lowest BCUT2D eigenvalue weighted by Gasteiger charge is -2.31. The molecule has 0 aromatic heterocycles. The summed E-state index contributed by atoms with van der Waals surface area (Å²) >= 11 is 6.29. The van der Waals surface area contributed by atoms with Crippen LogP contribution in [0.1, 0.15) is 43.5 Å². The predicted octanol–water partition coefficient (Wildman–Crippen LogP) is 3.98. The number of nitrogens with one attached hydrogen (secondary N) is 2. The smallest absolute Gasteiger partial charge is 0.408 e. The first-order chi connectivity index (χ1) is 15.9. The Bertz CT molecular complexity index is 998. The number of para-hydroxylation sites is 1. The summed E-state index contributed by atoms with van der Waals surface area (Å²) in [5, 5.41) is 15.3. The Morgan fingerprint density at radius 3 is 2.29 bits per heavy atom. The standard InChI is InChI=1S/C25H32ClN3O5/c1-16-9-11-18(12-10-16)22(23(32)28-21-17(2)7-6-8-19(21)26)29(13-14-30)20(31)15-27-24(33)34-25(3,4)5/h6-12,22,30H,13-15H2,1-5H3,(H,27,33)(H,28,32). The second-order valence-corrected chi connectivity index (χ2v) is 9.31. The largest absolute Gasteiger partial charge is 0.444 e. The van der Waals surface area contributed by atoms with Crippen molar-refractivity contribution < 1.29 is 24.2 Å². The van der Waals surface area contributed by atoms with E-state index in [0.717, 1.165) is 11.1 Å². The third-order valence-electron chi connectivity index (χ3n) is 4.87. The topological polar surface area (TPSA) is 108 Å². The fraction of sp³-hybridized carbons (Fsp3) is 0.400. The molecule has 1 atom stereocenters. The number of rotatable bonds is 8. The summed E-state index contributed by atoms with van der Waals surface area (Å²) in [5.74, 6) is -1.06. The first-order valence-corrected chi connectivity index (χ1v) is 11.3. The van der Waals surface area contributed by atoms with Crippen LogP contribution in [-0.2, 0) is 14.3 Å². The molecule has 0 aliphatic carbocycles. The molecule has 0 aliphatic heterocycles. The fourth-order valence-corrected chi connectivity index (χ4v) is 3.54. The van der Waals surface area contributed by atoms with Gasteiger partial charge in [0.2, 0.25) is 5.91 Å². The van der Waals surface area contributed by atoms with E-state index in [-0.39, 0.29) is 13.2 Å². The van der Waals surface area contributed by atoms with Gasteiger partial charge in [0.05, 0.1) is 17.3 Å². The van der Waals surface area contributed by atoms with Crippen LogP contribution in [0.25, 0.3) is 0 Å². The zero-order chi connectivity index (χ0) is 25.5. The molecule has 3 N–H and O–H groups in total. The Morgan fingerprint density at radius 1 is 1.09 bits per heavy atom. The summed E-state index contributed by atoms with van der Waals surface area (Å²) in [6.07, 6.45) is -0.757. The van der Waals surface area contributed by atoms with Gasteiger partial charge in [-0.3, -0.25) is 9.59 Å². The number of carbonyl (C=O) groups excluding carboxylic acids is 3. The average Bonchev–Trinajstić information content (AvgIpc) is 2.74.